The van der Waals surface area contributed by atoms with Crippen LogP contribution in [0.5, 0.6) is 0 Å². The van der Waals surface area contributed by atoms with Crippen molar-refractivity contribution in [2.45, 2.75) is 25.8 Å². The zero-order valence-electron chi connectivity index (χ0n) is 5.94. The Morgan fingerprint density at radius 2 is 2.44 bits per heavy atom. The zero-order chi connectivity index (χ0) is 6.69. The first-order chi connectivity index (χ1) is 4.38. The Balaban J connectivity index is 2.32. The first-order valence-corrected chi connectivity index (χ1v) is 4.22. The Labute approximate surface area is 62.0 Å². The number of rotatable bonds is 2. The van der Waals surface area contributed by atoms with Gasteiger partial charge in [-0.3, -0.25) is 4.90 Å². The second-order valence-electron chi connectivity index (χ2n) is 2.58. The van der Waals surface area contributed by atoms with Gasteiger partial charge < -0.3 is 0 Å². The van der Waals surface area contributed by atoms with Gasteiger partial charge in [-0.15, -0.1) is 11.6 Å². The Kier molecular flexibility index (Phi) is 2.80. The Hall–Kier alpha value is 0.250. The summed E-state index contributed by atoms with van der Waals surface area (Å²) >= 11 is 5.74. The molecular weight excluding hydrogens is 134 g/mol. The van der Waals surface area contributed by atoms with Gasteiger partial charge in [0.25, 0.3) is 0 Å². The van der Waals surface area contributed by atoms with Crippen LogP contribution in [0.3, 0.4) is 0 Å². The van der Waals surface area contributed by atoms with Crippen LogP contribution < -0.4 is 0 Å². The van der Waals surface area contributed by atoms with Gasteiger partial charge in [0.05, 0.1) is 0 Å². The third-order valence-corrected chi connectivity index (χ3v) is 2.44. The minimum absolute atomic E-state index is 0.677. The van der Waals surface area contributed by atoms with Crippen molar-refractivity contribution in [3.8, 4) is 0 Å². The number of hydrogen-bond donors (Lipinski definition) is 0. The van der Waals surface area contributed by atoms with Crippen LogP contribution in [-0.2, 0) is 0 Å². The lowest BCUT2D eigenvalue weighted by Gasteiger charge is -2.19. The van der Waals surface area contributed by atoms with Gasteiger partial charge in [0, 0.05) is 11.9 Å². The molecule has 0 saturated carbocycles. The third-order valence-electron chi connectivity index (χ3n) is 2.08. The fourth-order valence-electron chi connectivity index (χ4n) is 1.49. The summed E-state index contributed by atoms with van der Waals surface area (Å²) in [6.45, 7) is 4.62. The maximum Gasteiger partial charge on any atom is 0.0379 e. The lowest BCUT2D eigenvalue weighted by molar-refractivity contribution is 0.286. The number of hydrogen-bond acceptors (Lipinski definition) is 1. The largest absolute Gasteiger partial charge is 0.299 e. The molecule has 0 bridgehead atoms. The molecule has 0 amide bonds. The summed E-state index contributed by atoms with van der Waals surface area (Å²) < 4.78 is 0. The van der Waals surface area contributed by atoms with E-state index in [0.717, 1.165) is 12.4 Å². The maximum absolute atomic E-state index is 5.74. The molecule has 0 unspecified atom stereocenters. The normalized spacial score (nSPS) is 29.3. The third kappa shape index (κ3) is 1.59. The molecular formula is C7H14ClN. The van der Waals surface area contributed by atoms with Crippen molar-refractivity contribution < 1.29 is 0 Å². The number of likely N-dealkylation sites (tertiary alicyclic amines) is 1. The molecule has 0 N–H and O–H groups in total. The maximum atomic E-state index is 5.74. The van der Waals surface area contributed by atoms with Gasteiger partial charge in [-0.05, 0) is 25.9 Å². The molecule has 1 aliphatic rings. The van der Waals surface area contributed by atoms with Crippen LogP contribution in [0.2, 0.25) is 0 Å². The molecule has 1 rings (SSSR count). The van der Waals surface area contributed by atoms with E-state index in [-0.39, 0.29) is 0 Å². The molecule has 1 fully saturated rings. The predicted molar refractivity (Wildman–Crippen MR) is 41.0 cm³/mol. The first kappa shape index (κ1) is 7.36. The lowest BCUT2D eigenvalue weighted by atomic mass is 10.2. The predicted octanol–water partition coefficient (Wildman–Crippen LogP) is 1.71. The molecule has 1 nitrogen and oxygen atoms in total. The summed E-state index contributed by atoms with van der Waals surface area (Å²) in [6, 6.07) is 0.677. The first-order valence-electron chi connectivity index (χ1n) is 3.68. The van der Waals surface area contributed by atoms with E-state index >= 15 is 0 Å². The molecule has 1 aliphatic heterocycles. The molecule has 1 saturated heterocycles. The van der Waals surface area contributed by atoms with Crippen LogP contribution in [0.4, 0.5) is 0 Å². The highest BCUT2D eigenvalue weighted by molar-refractivity contribution is 6.18. The van der Waals surface area contributed by atoms with Crippen LogP contribution in [-0.4, -0.2) is 29.9 Å². The van der Waals surface area contributed by atoms with Gasteiger partial charge in [-0.1, -0.05) is 6.92 Å². The van der Waals surface area contributed by atoms with Crippen LogP contribution in [0, 0.1) is 0 Å². The smallest absolute Gasteiger partial charge is 0.0379 e. The highest BCUT2D eigenvalue weighted by Crippen LogP contribution is 2.16. The van der Waals surface area contributed by atoms with Crippen LogP contribution >= 0.6 is 11.6 Å². The monoisotopic (exact) mass is 147 g/mol. The van der Waals surface area contributed by atoms with Crippen molar-refractivity contribution >= 4 is 11.6 Å². The van der Waals surface area contributed by atoms with E-state index in [1.54, 1.807) is 0 Å². The molecule has 1 atom stereocenters. The van der Waals surface area contributed by atoms with E-state index in [4.69, 9.17) is 11.6 Å². The molecule has 0 spiro atoms. The standard InChI is InChI=1S/C7H14ClN/c1-2-9-5-3-4-7(9)6-8/h7H,2-6H2,1H3/t7-/m1/s1. The quantitative estimate of drug-likeness (QED) is 0.538. The number of alkyl halides is 1. The van der Waals surface area contributed by atoms with Crippen molar-refractivity contribution in [3.63, 3.8) is 0 Å². The van der Waals surface area contributed by atoms with Crippen molar-refractivity contribution in [3.05, 3.63) is 0 Å². The second kappa shape index (κ2) is 3.43. The molecule has 0 radical (unpaired) electrons. The Morgan fingerprint density at radius 1 is 1.67 bits per heavy atom. The summed E-state index contributed by atoms with van der Waals surface area (Å²) in [7, 11) is 0. The average Bonchev–Trinajstić information content (AvgIpc) is 2.33. The molecule has 9 heavy (non-hydrogen) atoms. The number of halogens is 1. The van der Waals surface area contributed by atoms with E-state index in [9.17, 15) is 0 Å². The van der Waals surface area contributed by atoms with E-state index in [1.165, 1.54) is 19.4 Å². The highest BCUT2D eigenvalue weighted by Gasteiger charge is 2.20. The highest BCUT2D eigenvalue weighted by atomic mass is 35.5. The summed E-state index contributed by atoms with van der Waals surface area (Å²) in [6.07, 6.45) is 2.64. The summed E-state index contributed by atoms with van der Waals surface area (Å²) in [5.41, 5.74) is 0. The van der Waals surface area contributed by atoms with E-state index in [0.29, 0.717) is 6.04 Å². The van der Waals surface area contributed by atoms with Gasteiger partial charge >= 0.3 is 0 Å². The van der Waals surface area contributed by atoms with Gasteiger partial charge in [-0.2, -0.15) is 0 Å². The van der Waals surface area contributed by atoms with Gasteiger partial charge in [0.15, 0.2) is 0 Å². The molecule has 0 aromatic heterocycles. The molecule has 0 aromatic carbocycles. The van der Waals surface area contributed by atoms with E-state index < -0.39 is 0 Å². The van der Waals surface area contributed by atoms with Gasteiger partial charge in [0.1, 0.15) is 0 Å². The lowest BCUT2D eigenvalue weighted by Crippen LogP contribution is -2.30. The van der Waals surface area contributed by atoms with Crippen LogP contribution in [0.1, 0.15) is 19.8 Å². The van der Waals surface area contributed by atoms with Crippen LogP contribution in [0.15, 0.2) is 0 Å². The van der Waals surface area contributed by atoms with Crippen molar-refractivity contribution in [2.75, 3.05) is 19.0 Å². The van der Waals surface area contributed by atoms with Crippen molar-refractivity contribution in [1.82, 2.24) is 4.90 Å². The molecule has 2 heteroatoms. The summed E-state index contributed by atoms with van der Waals surface area (Å²) in [5, 5.41) is 0. The molecule has 1 heterocycles. The Morgan fingerprint density at radius 3 is 2.89 bits per heavy atom. The zero-order valence-corrected chi connectivity index (χ0v) is 6.69. The molecule has 0 aliphatic carbocycles. The minimum atomic E-state index is 0.677. The number of nitrogens with zero attached hydrogens (tertiary/aromatic N) is 1. The van der Waals surface area contributed by atoms with Crippen LogP contribution in [0.25, 0.3) is 0 Å². The SMILES string of the molecule is CCN1CCC[C@@H]1CCl. The molecule has 54 valence electrons. The van der Waals surface area contributed by atoms with Gasteiger partial charge in [0.2, 0.25) is 0 Å². The van der Waals surface area contributed by atoms with Crippen molar-refractivity contribution in [1.29, 1.82) is 0 Å². The summed E-state index contributed by atoms with van der Waals surface area (Å²) in [5.74, 6) is 0.813. The fourth-order valence-corrected chi connectivity index (χ4v) is 1.84. The van der Waals surface area contributed by atoms with E-state index in [1.807, 2.05) is 0 Å². The average molecular weight is 148 g/mol. The molecule has 0 aromatic rings. The minimum Gasteiger partial charge on any atom is -0.299 e. The summed E-state index contributed by atoms with van der Waals surface area (Å²) in [4.78, 5) is 2.45. The van der Waals surface area contributed by atoms with Gasteiger partial charge in [-0.25, -0.2) is 0 Å². The second-order valence-corrected chi connectivity index (χ2v) is 2.89. The topological polar surface area (TPSA) is 3.24 Å². The fraction of sp³-hybridized carbons (Fsp3) is 1.00. The van der Waals surface area contributed by atoms with Crippen molar-refractivity contribution in [2.24, 2.45) is 0 Å². The Bertz CT molecular complexity index is 75.0. The van der Waals surface area contributed by atoms with E-state index in [2.05, 4.69) is 11.8 Å².